The highest BCUT2D eigenvalue weighted by Gasteiger charge is 2.29. The summed E-state index contributed by atoms with van der Waals surface area (Å²) in [6.07, 6.45) is 3.53. The minimum Gasteiger partial charge on any atom is -0.389 e. The lowest BCUT2D eigenvalue weighted by Gasteiger charge is -2.40. The van der Waals surface area contributed by atoms with Gasteiger partial charge in [0.05, 0.1) is 31.6 Å². The van der Waals surface area contributed by atoms with Gasteiger partial charge in [0.1, 0.15) is 0 Å². The third kappa shape index (κ3) is 3.91. The predicted molar refractivity (Wildman–Crippen MR) is 82.4 cm³/mol. The lowest BCUT2D eigenvalue weighted by Crippen LogP contribution is -2.51. The van der Waals surface area contributed by atoms with Crippen LogP contribution >= 0.6 is 11.3 Å². The number of aromatic nitrogens is 2. The molecule has 1 atom stereocenters. The van der Waals surface area contributed by atoms with E-state index in [2.05, 4.69) is 23.1 Å². The maximum Gasteiger partial charge on any atom is 0.0900 e. The van der Waals surface area contributed by atoms with Crippen LogP contribution in [0.3, 0.4) is 0 Å². The zero-order valence-electron chi connectivity index (χ0n) is 12.2. The number of thiophene rings is 1. The number of aryl methyl sites for hydroxylation is 1. The molecule has 0 unspecified atom stereocenters. The molecule has 1 N–H and O–H groups in total. The van der Waals surface area contributed by atoms with Gasteiger partial charge in [-0.3, -0.25) is 9.58 Å². The zero-order chi connectivity index (χ0) is 14.7. The van der Waals surface area contributed by atoms with Crippen molar-refractivity contribution < 1.29 is 9.84 Å². The van der Waals surface area contributed by atoms with Gasteiger partial charge in [-0.1, -0.05) is 6.07 Å². The van der Waals surface area contributed by atoms with E-state index in [0.717, 1.165) is 13.1 Å². The summed E-state index contributed by atoms with van der Waals surface area (Å²) in [5.41, 5.74) is 1.19. The number of hydrogen-bond donors (Lipinski definition) is 1. The molecule has 0 aliphatic carbocycles. The van der Waals surface area contributed by atoms with Crippen molar-refractivity contribution in [3.05, 3.63) is 40.3 Å². The van der Waals surface area contributed by atoms with Crippen molar-refractivity contribution >= 4 is 11.3 Å². The highest BCUT2D eigenvalue weighted by Crippen LogP contribution is 2.20. The summed E-state index contributed by atoms with van der Waals surface area (Å²) < 4.78 is 7.56. The molecule has 3 rings (SSSR count). The number of nitrogens with zero attached hydrogens (tertiary/aromatic N) is 3. The van der Waals surface area contributed by atoms with E-state index in [1.165, 1.54) is 10.4 Å². The van der Waals surface area contributed by atoms with Crippen LogP contribution in [0, 0.1) is 6.92 Å². The molecule has 0 amide bonds. The average Bonchev–Trinajstić information content (AvgIpc) is 3.05. The predicted octanol–water partition coefficient (Wildman–Crippen LogP) is 1.69. The molecule has 1 saturated heterocycles. The number of likely N-dealkylation sites (tertiary alicyclic amines) is 1. The van der Waals surface area contributed by atoms with Gasteiger partial charge in [-0.2, -0.15) is 5.10 Å². The summed E-state index contributed by atoms with van der Waals surface area (Å²) in [6, 6.07) is 4.50. The number of β-amino-alcohol motifs (C(OH)–C–C–N with tert-alkyl or cyclic N) is 1. The fourth-order valence-corrected chi connectivity index (χ4v) is 3.17. The molecule has 3 heterocycles. The molecular weight excluding hydrogens is 286 g/mol. The third-order valence-electron chi connectivity index (χ3n) is 3.65. The minimum absolute atomic E-state index is 0.389. The largest absolute Gasteiger partial charge is 0.389 e. The van der Waals surface area contributed by atoms with Gasteiger partial charge in [0.25, 0.3) is 0 Å². The van der Waals surface area contributed by atoms with E-state index in [4.69, 9.17) is 4.74 Å². The fraction of sp³-hybridized carbons (Fsp3) is 0.533. The lowest BCUT2D eigenvalue weighted by atomic mass is 10.1. The monoisotopic (exact) mass is 307 g/mol. The van der Waals surface area contributed by atoms with Crippen molar-refractivity contribution in [3.63, 3.8) is 0 Å². The van der Waals surface area contributed by atoms with Crippen LogP contribution in [0.4, 0.5) is 0 Å². The molecule has 0 aromatic carbocycles. The Kier molecular flexibility index (Phi) is 4.70. The molecule has 21 heavy (non-hydrogen) atoms. The smallest absolute Gasteiger partial charge is 0.0900 e. The van der Waals surface area contributed by atoms with Crippen LogP contribution in [0.5, 0.6) is 0 Å². The second-order valence-electron chi connectivity index (χ2n) is 5.62. The van der Waals surface area contributed by atoms with E-state index < -0.39 is 6.10 Å². The normalized spacial score (nSPS) is 17.8. The molecule has 0 saturated carbocycles. The number of aliphatic hydroxyl groups excluding tert-OH is 1. The molecule has 5 nitrogen and oxygen atoms in total. The summed E-state index contributed by atoms with van der Waals surface area (Å²) >= 11 is 1.68. The van der Waals surface area contributed by atoms with Gasteiger partial charge in [0.2, 0.25) is 0 Å². The first-order chi connectivity index (χ1) is 10.2. The second kappa shape index (κ2) is 6.70. The number of hydrogen-bond acceptors (Lipinski definition) is 5. The van der Waals surface area contributed by atoms with Crippen LogP contribution in [-0.2, 0) is 11.3 Å². The SMILES string of the molecule is Cc1cnn(C2CN(C[C@H](O)COCc3cccs3)C2)c1. The van der Waals surface area contributed by atoms with Crippen molar-refractivity contribution in [1.29, 1.82) is 0 Å². The first-order valence-electron chi connectivity index (χ1n) is 7.22. The minimum atomic E-state index is -0.426. The van der Waals surface area contributed by atoms with Crippen molar-refractivity contribution in [3.8, 4) is 0 Å². The van der Waals surface area contributed by atoms with Crippen molar-refractivity contribution in [2.24, 2.45) is 0 Å². The average molecular weight is 307 g/mol. The molecule has 1 aliphatic heterocycles. The van der Waals surface area contributed by atoms with Gasteiger partial charge in [-0.25, -0.2) is 0 Å². The van der Waals surface area contributed by atoms with Gasteiger partial charge in [-0.05, 0) is 23.9 Å². The quantitative estimate of drug-likeness (QED) is 0.846. The van der Waals surface area contributed by atoms with Crippen molar-refractivity contribution in [2.75, 3.05) is 26.2 Å². The fourth-order valence-electron chi connectivity index (χ4n) is 2.53. The van der Waals surface area contributed by atoms with Crippen LogP contribution in [-0.4, -0.2) is 52.1 Å². The highest BCUT2D eigenvalue weighted by molar-refractivity contribution is 7.09. The summed E-state index contributed by atoms with van der Waals surface area (Å²) in [7, 11) is 0. The molecule has 114 valence electrons. The van der Waals surface area contributed by atoms with Gasteiger partial charge in [0.15, 0.2) is 0 Å². The Morgan fingerprint density at radius 3 is 3.05 bits per heavy atom. The lowest BCUT2D eigenvalue weighted by molar-refractivity contribution is -0.0128. The second-order valence-corrected chi connectivity index (χ2v) is 6.65. The molecule has 2 aromatic rings. The molecule has 0 bridgehead atoms. The van der Waals surface area contributed by atoms with Gasteiger partial charge in [-0.15, -0.1) is 11.3 Å². The van der Waals surface area contributed by atoms with Gasteiger partial charge >= 0.3 is 0 Å². The molecular formula is C15H21N3O2S. The zero-order valence-corrected chi connectivity index (χ0v) is 13.0. The van der Waals surface area contributed by atoms with Crippen LogP contribution in [0.2, 0.25) is 0 Å². The van der Waals surface area contributed by atoms with Gasteiger partial charge in [0, 0.05) is 30.7 Å². The van der Waals surface area contributed by atoms with Crippen LogP contribution in [0.1, 0.15) is 16.5 Å². The Hall–Kier alpha value is -1.21. The Labute approximate surface area is 128 Å². The number of rotatable bonds is 7. The van der Waals surface area contributed by atoms with E-state index >= 15 is 0 Å². The summed E-state index contributed by atoms with van der Waals surface area (Å²) in [5, 5.41) is 16.4. The maximum atomic E-state index is 9.99. The Balaban J connectivity index is 1.32. The summed E-state index contributed by atoms with van der Waals surface area (Å²) in [4.78, 5) is 3.43. The molecule has 2 aromatic heterocycles. The highest BCUT2D eigenvalue weighted by atomic mass is 32.1. The Bertz CT molecular complexity index is 549. The summed E-state index contributed by atoms with van der Waals surface area (Å²) in [6.45, 7) is 5.59. The first-order valence-corrected chi connectivity index (χ1v) is 8.10. The van der Waals surface area contributed by atoms with Crippen LogP contribution < -0.4 is 0 Å². The van der Waals surface area contributed by atoms with Crippen LogP contribution in [0.15, 0.2) is 29.9 Å². The van der Waals surface area contributed by atoms with E-state index in [-0.39, 0.29) is 0 Å². The molecule has 1 fully saturated rings. The molecule has 0 radical (unpaired) electrons. The third-order valence-corrected chi connectivity index (χ3v) is 4.50. The van der Waals surface area contributed by atoms with E-state index in [9.17, 15) is 5.11 Å². The van der Waals surface area contributed by atoms with E-state index in [0.29, 0.717) is 25.8 Å². The Morgan fingerprint density at radius 1 is 1.52 bits per heavy atom. The van der Waals surface area contributed by atoms with E-state index in [1.807, 2.05) is 28.4 Å². The van der Waals surface area contributed by atoms with Crippen LogP contribution in [0.25, 0.3) is 0 Å². The summed E-state index contributed by atoms with van der Waals surface area (Å²) in [5.74, 6) is 0. The molecule has 6 heteroatoms. The topological polar surface area (TPSA) is 50.5 Å². The first kappa shape index (κ1) is 14.7. The maximum absolute atomic E-state index is 9.99. The van der Waals surface area contributed by atoms with E-state index in [1.54, 1.807) is 11.3 Å². The van der Waals surface area contributed by atoms with Gasteiger partial charge < -0.3 is 9.84 Å². The number of ether oxygens (including phenoxy) is 1. The van der Waals surface area contributed by atoms with Crippen molar-refractivity contribution in [2.45, 2.75) is 25.7 Å². The van der Waals surface area contributed by atoms with Crippen molar-refractivity contribution in [1.82, 2.24) is 14.7 Å². The molecule has 0 spiro atoms. The Morgan fingerprint density at radius 2 is 2.38 bits per heavy atom. The standard InChI is InChI=1S/C15H21N3O2S/c1-12-5-16-18(6-12)13-7-17(8-13)9-14(19)10-20-11-15-3-2-4-21-15/h2-6,13-14,19H,7-11H2,1H3/t14-/m0/s1. The molecule has 1 aliphatic rings. The number of aliphatic hydroxyl groups is 1.